The molecule has 0 saturated carbocycles. The average molecular weight is 428 g/mol. The van der Waals surface area contributed by atoms with Crippen LogP contribution in [0.25, 0.3) is 6.08 Å². The fourth-order valence-corrected chi connectivity index (χ4v) is 3.39. The monoisotopic (exact) mass is 428 g/mol. The van der Waals surface area contributed by atoms with Crippen LogP contribution in [0.4, 0.5) is 0 Å². The summed E-state index contributed by atoms with van der Waals surface area (Å²) in [7, 11) is 0. The lowest BCUT2D eigenvalue weighted by Gasteiger charge is -2.45. The highest BCUT2D eigenvalue weighted by Crippen LogP contribution is 2.30. The molecule has 2 fully saturated rings. The minimum absolute atomic E-state index is 0.355. The molecule has 1 aromatic carbocycles. The molecule has 0 unspecified atom stereocenters. The summed E-state index contributed by atoms with van der Waals surface area (Å²) in [5, 5.41) is 60.3. The van der Waals surface area contributed by atoms with Crippen molar-refractivity contribution in [3.05, 3.63) is 36.4 Å². The van der Waals surface area contributed by atoms with Crippen LogP contribution >= 0.6 is 0 Å². The molecule has 6 N–H and O–H groups in total. The van der Waals surface area contributed by atoms with Crippen molar-refractivity contribution in [2.75, 3.05) is 6.61 Å². The first kappa shape index (κ1) is 23.1. The van der Waals surface area contributed by atoms with Crippen LogP contribution in [0.3, 0.4) is 0 Å². The number of rotatable bonds is 6. The Hall–Kier alpha value is -1.60. The molecule has 0 spiro atoms. The van der Waals surface area contributed by atoms with Crippen LogP contribution in [-0.2, 0) is 14.2 Å². The Labute approximate surface area is 173 Å². The van der Waals surface area contributed by atoms with Crippen molar-refractivity contribution < 1.29 is 49.6 Å². The Morgan fingerprint density at radius 2 is 1.57 bits per heavy atom. The lowest BCUT2D eigenvalue weighted by atomic mass is 9.97. The van der Waals surface area contributed by atoms with Crippen molar-refractivity contribution in [3.8, 4) is 5.75 Å². The third-order valence-electron chi connectivity index (χ3n) is 5.29. The lowest BCUT2D eigenvalue weighted by molar-refractivity contribution is -0.354. The molecule has 0 aromatic heterocycles. The van der Waals surface area contributed by atoms with E-state index < -0.39 is 68.0 Å². The Morgan fingerprint density at radius 3 is 2.17 bits per heavy atom. The number of aliphatic hydroxyl groups excluding tert-OH is 6. The predicted molar refractivity (Wildman–Crippen MR) is 102 cm³/mol. The summed E-state index contributed by atoms with van der Waals surface area (Å²) < 4.78 is 22.4. The number of aliphatic hydroxyl groups is 6. The normalized spacial score (nSPS) is 42.0. The van der Waals surface area contributed by atoms with Crippen molar-refractivity contribution >= 4 is 6.08 Å². The molecule has 0 bridgehead atoms. The van der Waals surface area contributed by atoms with E-state index in [-0.39, 0.29) is 0 Å². The van der Waals surface area contributed by atoms with Crippen LogP contribution in [0.15, 0.2) is 30.8 Å². The maximum atomic E-state index is 10.6. The van der Waals surface area contributed by atoms with Gasteiger partial charge in [0.05, 0.1) is 12.7 Å². The van der Waals surface area contributed by atoms with Crippen LogP contribution in [-0.4, -0.2) is 98.7 Å². The standard InChI is InChI=1S/C20H28O10/c1-3-10-4-6-11(7-5-10)28-20-18(16(25)14(23)12(8-21)29-20)30-19-17(26)15(24)13(22)9(2)27-19/h3-7,9,12-26H,1,8H2,2H3/t9-,12+,13-,14+,15+,16-,17+,18+,19-,20+/m0/s1. The number of hydrogen-bond donors (Lipinski definition) is 6. The van der Waals surface area contributed by atoms with Crippen molar-refractivity contribution in [2.24, 2.45) is 0 Å². The van der Waals surface area contributed by atoms with Gasteiger partial charge in [-0.15, -0.1) is 0 Å². The maximum Gasteiger partial charge on any atom is 0.229 e. The minimum atomic E-state index is -1.62. The van der Waals surface area contributed by atoms with Gasteiger partial charge in [0.2, 0.25) is 6.29 Å². The Bertz CT molecular complexity index is 697. The van der Waals surface area contributed by atoms with Crippen molar-refractivity contribution in [2.45, 2.75) is 68.3 Å². The van der Waals surface area contributed by atoms with Crippen LogP contribution in [0.2, 0.25) is 0 Å². The Kier molecular flexibility index (Phi) is 7.45. The number of benzene rings is 1. The molecule has 0 amide bonds. The van der Waals surface area contributed by atoms with E-state index >= 15 is 0 Å². The molecule has 0 aliphatic carbocycles. The number of ether oxygens (including phenoxy) is 4. The SMILES string of the molecule is C=Cc1ccc(O[C@@H]2O[C@H](CO)[C@@H](O)[C@H](O)[C@H]2O[C@@H]2O[C@@H](C)[C@H](O)[C@@H](O)[C@H]2O)cc1. The van der Waals surface area contributed by atoms with Crippen molar-refractivity contribution in [1.82, 2.24) is 0 Å². The minimum Gasteiger partial charge on any atom is -0.462 e. The van der Waals surface area contributed by atoms with Gasteiger partial charge in [-0.2, -0.15) is 0 Å². The highest BCUT2D eigenvalue weighted by Gasteiger charge is 2.50. The highest BCUT2D eigenvalue weighted by atomic mass is 16.8. The van der Waals surface area contributed by atoms with E-state index in [0.29, 0.717) is 5.75 Å². The summed E-state index contributed by atoms with van der Waals surface area (Å²) in [6.45, 7) is 4.57. The first-order valence-electron chi connectivity index (χ1n) is 9.63. The fourth-order valence-electron chi connectivity index (χ4n) is 3.39. The highest BCUT2D eigenvalue weighted by molar-refractivity contribution is 5.48. The zero-order valence-corrected chi connectivity index (χ0v) is 16.4. The Balaban J connectivity index is 1.80. The fraction of sp³-hybridized carbons (Fsp3) is 0.600. The van der Waals surface area contributed by atoms with E-state index in [4.69, 9.17) is 18.9 Å². The molecule has 168 valence electrons. The lowest BCUT2D eigenvalue weighted by Crippen LogP contribution is -2.64. The molecule has 3 rings (SSSR count). The van der Waals surface area contributed by atoms with E-state index in [0.717, 1.165) is 5.56 Å². The molecule has 10 atom stereocenters. The molecule has 2 aliphatic heterocycles. The zero-order valence-electron chi connectivity index (χ0n) is 16.4. The third kappa shape index (κ3) is 4.67. The van der Waals surface area contributed by atoms with Gasteiger partial charge in [0.15, 0.2) is 12.4 Å². The summed E-state index contributed by atoms with van der Waals surface area (Å²) >= 11 is 0. The van der Waals surface area contributed by atoms with E-state index in [1.54, 1.807) is 30.3 Å². The largest absolute Gasteiger partial charge is 0.462 e. The van der Waals surface area contributed by atoms with E-state index in [1.807, 2.05) is 0 Å². The molecule has 0 radical (unpaired) electrons. The van der Waals surface area contributed by atoms with Crippen LogP contribution in [0.1, 0.15) is 12.5 Å². The van der Waals surface area contributed by atoms with Crippen LogP contribution < -0.4 is 4.74 Å². The summed E-state index contributed by atoms with van der Waals surface area (Å²) in [5.74, 6) is 0.355. The quantitative estimate of drug-likeness (QED) is 0.310. The van der Waals surface area contributed by atoms with E-state index in [9.17, 15) is 30.6 Å². The van der Waals surface area contributed by atoms with Crippen molar-refractivity contribution in [1.29, 1.82) is 0 Å². The predicted octanol–water partition coefficient (Wildman–Crippen LogP) is -1.64. The maximum absolute atomic E-state index is 10.6. The molecule has 1 aromatic rings. The molecule has 2 heterocycles. The van der Waals surface area contributed by atoms with Gasteiger partial charge in [-0.25, -0.2) is 0 Å². The van der Waals surface area contributed by atoms with Gasteiger partial charge in [-0.1, -0.05) is 24.8 Å². The molecule has 10 heteroatoms. The molecule has 30 heavy (non-hydrogen) atoms. The molecular weight excluding hydrogens is 400 g/mol. The van der Waals surface area contributed by atoms with Crippen LogP contribution in [0.5, 0.6) is 5.75 Å². The van der Waals surface area contributed by atoms with Gasteiger partial charge < -0.3 is 49.6 Å². The van der Waals surface area contributed by atoms with Crippen LogP contribution in [0, 0.1) is 0 Å². The Morgan fingerprint density at radius 1 is 0.900 bits per heavy atom. The summed E-state index contributed by atoms with van der Waals surface area (Å²) in [6.07, 6.45) is -12.0. The second kappa shape index (κ2) is 9.69. The molecular formula is C20H28O10. The van der Waals surface area contributed by atoms with Crippen molar-refractivity contribution in [3.63, 3.8) is 0 Å². The summed E-state index contributed by atoms with van der Waals surface area (Å²) in [4.78, 5) is 0. The first-order valence-corrected chi connectivity index (χ1v) is 9.63. The van der Waals surface area contributed by atoms with Gasteiger partial charge in [0.25, 0.3) is 0 Å². The second-order valence-corrected chi connectivity index (χ2v) is 7.38. The van der Waals surface area contributed by atoms with Gasteiger partial charge in [0.1, 0.15) is 42.4 Å². The molecule has 10 nitrogen and oxygen atoms in total. The second-order valence-electron chi connectivity index (χ2n) is 7.38. The van der Waals surface area contributed by atoms with E-state index in [2.05, 4.69) is 6.58 Å². The summed E-state index contributed by atoms with van der Waals surface area (Å²) in [5.41, 5.74) is 0.851. The average Bonchev–Trinajstić information content (AvgIpc) is 2.75. The molecule has 2 aliphatic rings. The number of hydrogen-bond acceptors (Lipinski definition) is 10. The van der Waals surface area contributed by atoms with Gasteiger partial charge in [-0.3, -0.25) is 0 Å². The van der Waals surface area contributed by atoms with Gasteiger partial charge in [0, 0.05) is 0 Å². The van der Waals surface area contributed by atoms with E-state index in [1.165, 1.54) is 6.92 Å². The first-order chi connectivity index (χ1) is 14.3. The summed E-state index contributed by atoms with van der Waals surface area (Å²) in [6, 6.07) is 6.75. The third-order valence-corrected chi connectivity index (χ3v) is 5.29. The van der Waals surface area contributed by atoms with Gasteiger partial charge in [-0.05, 0) is 24.6 Å². The van der Waals surface area contributed by atoms with Gasteiger partial charge >= 0.3 is 0 Å². The zero-order chi connectivity index (χ0) is 22.0. The molecule has 2 saturated heterocycles. The smallest absolute Gasteiger partial charge is 0.229 e. The topological polar surface area (TPSA) is 158 Å².